The number of carbonyl (C=O) groups is 2. The van der Waals surface area contributed by atoms with Crippen molar-refractivity contribution in [2.24, 2.45) is 0 Å². The Hall–Kier alpha value is -3.87. The minimum Gasteiger partial charge on any atom is -0.483 e. The zero-order chi connectivity index (χ0) is 23.6. The first-order chi connectivity index (χ1) is 15.9. The first kappa shape index (κ1) is 23.8. The maximum absolute atomic E-state index is 13.7. The second-order valence-corrected chi connectivity index (χ2v) is 7.73. The third kappa shape index (κ3) is 7.07. The fourth-order valence-corrected chi connectivity index (χ4v) is 3.22. The number of amides is 2. The molecule has 2 amide bonds. The van der Waals surface area contributed by atoms with Gasteiger partial charge in [0.25, 0.3) is 11.8 Å². The van der Waals surface area contributed by atoms with Crippen LogP contribution in [0.2, 0.25) is 0 Å². The molecule has 0 bridgehead atoms. The molecule has 3 rings (SSSR count). The fourth-order valence-electron chi connectivity index (χ4n) is 3.22. The predicted octanol–water partition coefficient (Wildman–Crippen LogP) is 4.27. The molecular weight excluding hydrogens is 421 g/mol. The Morgan fingerprint density at radius 2 is 1.64 bits per heavy atom. The largest absolute Gasteiger partial charge is 0.483 e. The molecule has 3 aromatic carbocycles. The van der Waals surface area contributed by atoms with Crippen LogP contribution < -0.4 is 20.3 Å². The Morgan fingerprint density at radius 3 is 2.36 bits per heavy atom. The number of benzene rings is 3. The Labute approximate surface area is 193 Å². The van der Waals surface area contributed by atoms with E-state index in [9.17, 15) is 14.0 Å². The molecule has 0 aliphatic carbocycles. The van der Waals surface area contributed by atoms with E-state index in [1.807, 2.05) is 19.0 Å². The summed E-state index contributed by atoms with van der Waals surface area (Å²) in [5.41, 5.74) is 2.77. The van der Waals surface area contributed by atoms with Crippen LogP contribution in [0, 0.1) is 5.82 Å². The summed E-state index contributed by atoms with van der Waals surface area (Å²) in [6, 6.07) is 20.9. The zero-order valence-corrected chi connectivity index (χ0v) is 18.8. The van der Waals surface area contributed by atoms with Crippen molar-refractivity contribution in [3.8, 4) is 5.75 Å². The van der Waals surface area contributed by atoms with Crippen LogP contribution in [-0.4, -0.2) is 39.1 Å². The number of nitrogens with zero attached hydrogens (tertiary/aromatic N) is 1. The van der Waals surface area contributed by atoms with E-state index >= 15 is 0 Å². The van der Waals surface area contributed by atoms with Gasteiger partial charge >= 0.3 is 0 Å². The van der Waals surface area contributed by atoms with Gasteiger partial charge in [0, 0.05) is 26.3 Å². The Kier molecular flexibility index (Phi) is 8.41. The summed E-state index contributed by atoms with van der Waals surface area (Å²) in [5.74, 6) is -1.03. The normalized spacial score (nSPS) is 10.4. The Morgan fingerprint density at radius 1 is 0.939 bits per heavy atom. The van der Waals surface area contributed by atoms with E-state index < -0.39 is 11.7 Å². The molecular formula is C26H28FN3O3. The molecule has 0 saturated heterocycles. The molecule has 0 saturated carbocycles. The molecule has 6 nitrogen and oxygen atoms in total. The van der Waals surface area contributed by atoms with Crippen LogP contribution >= 0.6 is 0 Å². The summed E-state index contributed by atoms with van der Waals surface area (Å²) in [6.07, 6.45) is 1.64. The van der Waals surface area contributed by atoms with Crippen molar-refractivity contribution in [3.05, 3.63) is 89.7 Å². The maximum Gasteiger partial charge on any atom is 0.262 e. The molecule has 0 heterocycles. The highest BCUT2D eigenvalue weighted by molar-refractivity contribution is 5.97. The van der Waals surface area contributed by atoms with E-state index in [-0.39, 0.29) is 24.0 Å². The third-order valence-corrected chi connectivity index (χ3v) is 5.02. The summed E-state index contributed by atoms with van der Waals surface area (Å²) in [5, 5.41) is 5.35. The van der Waals surface area contributed by atoms with Crippen molar-refractivity contribution in [2.75, 3.05) is 37.5 Å². The number of hydrogen-bond acceptors (Lipinski definition) is 4. The summed E-state index contributed by atoms with van der Waals surface area (Å²) in [7, 11) is 4.00. The van der Waals surface area contributed by atoms with E-state index in [2.05, 4.69) is 34.9 Å². The molecule has 3 aromatic rings. The summed E-state index contributed by atoms with van der Waals surface area (Å²) in [4.78, 5) is 26.8. The quantitative estimate of drug-likeness (QED) is 0.454. The number of halogens is 1. The average Bonchev–Trinajstić information content (AvgIpc) is 2.82. The molecule has 0 atom stereocenters. The highest BCUT2D eigenvalue weighted by Crippen LogP contribution is 2.19. The summed E-state index contributed by atoms with van der Waals surface area (Å²) < 4.78 is 19.2. The number of aryl methyl sites for hydroxylation is 1. The van der Waals surface area contributed by atoms with Crippen molar-refractivity contribution in [2.45, 2.75) is 12.8 Å². The topological polar surface area (TPSA) is 70.7 Å². The van der Waals surface area contributed by atoms with Crippen LogP contribution in [0.5, 0.6) is 5.75 Å². The molecule has 0 fully saturated rings. The van der Waals surface area contributed by atoms with Gasteiger partial charge in [0.2, 0.25) is 0 Å². The third-order valence-electron chi connectivity index (χ3n) is 5.02. The highest BCUT2D eigenvalue weighted by atomic mass is 19.1. The van der Waals surface area contributed by atoms with Crippen LogP contribution in [0.3, 0.4) is 0 Å². The standard InChI is InChI=1S/C26H28FN3O3/c1-30(2)20-15-13-19(14-16-20)8-7-17-28-26(32)21-9-3-6-12-24(21)33-18-25(31)29-23-11-5-4-10-22(23)27/h3-6,9-16H,7-8,17-18H2,1-2H3,(H,28,32)(H,29,31). The molecule has 0 aromatic heterocycles. The van der Waals surface area contributed by atoms with Gasteiger partial charge in [-0.2, -0.15) is 0 Å². The van der Waals surface area contributed by atoms with Crippen molar-refractivity contribution >= 4 is 23.2 Å². The molecule has 172 valence electrons. The molecule has 0 unspecified atom stereocenters. The first-order valence-electron chi connectivity index (χ1n) is 10.7. The predicted molar refractivity (Wildman–Crippen MR) is 128 cm³/mol. The van der Waals surface area contributed by atoms with Crippen molar-refractivity contribution in [3.63, 3.8) is 0 Å². The van der Waals surface area contributed by atoms with Gasteiger partial charge in [0.15, 0.2) is 6.61 Å². The average molecular weight is 450 g/mol. The molecule has 0 spiro atoms. The van der Waals surface area contributed by atoms with Gasteiger partial charge < -0.3 is 20.3 Å². The van der Waals surface area contributed by atoms with Gasteiger partial charge in [0.1, 0.15) is 11.6 Å². The molecule has 0 aliphatic rings. The number of ether oxygens (including phenoxy) is 1. The monoisotopic (exact) mass is 449 g/mol. The van der Waals surface area contributed by atoms with Gasteiger partial charge in [-0.25, -0.2) is 4.39 Å². The highest BCUT2D eigenvalue weighted by Gasteiger charge is 2.14. The Balaban J connectivity index is 1.48. The minimum atomic E-state index is -0.528. The summed E-state index contributed by atoms with van der Waals surface area (Å²) >= 11 is 0. The van der Waals surface area contributed by atoms with Crippen LogP contribution in [0.15, 0.2) is 72.8 Å². The number of hydrogen-bond donors (Lipinski definition) is 2. The lowest BCUT2D eigenvalue weighted by Crippen LogP contribution is -2.26. The van der Waals surface area contributed by atoms with Crippen molar-refractivity contribution in [1.29, 1.82) is 0 Å². The Bertz CT molecular complexity index is 1080. The number of nitrogens with one attached hydrogen (secondary N) is 2. The smallest absolute Gasteiger partial charge is 0.262 e. The lowest BCUT2D eigenvalue weighted by atomic mass is 10.1. The zero-order valence-electron chi connectivity index (χ0n) is 18.8. The van der Waals surface area contributed by atoms with Crippen molar-refractivity contribution < 1.29 is 18.7 Å². The van der Waals surface area contributed by atoms with Gasteiger partial charge in [-0.3, -0.25) is 9.59 Å². The molecule has 0 aliphatic heterocycles. The lowest BCUT2D eigenvalue weighted by molar-refractivity contribution is -0.118. The van der Waals surface area contributed by atoms with Crippen molar-refractivity contribution in [1.82, 2.24) is 5.32 Å². The fraction of sp³-hybridized carbons (Fsp3) is 0.231. The molecule has 0 radical (unpaired) electrons. The number of rotatable bonds is 10. The molecule has 33 heavy (non-hydrogen) atoms. The van der Waals surface area contributed by atoms with Gasteiger partial charge in [-0.1, -0.05) is 36.4 Å². The van der Waals surface area contributed by atoms with Gasteiger partial charge in [-0.05, 0) is 54.8 Å². The van der Waals surface area contributed by atoms with Crippen LogP contribution in [0.25, 0.3) is 0 Å². The van der Waals surface area contributed by atoms with E-state index in [1.165, 1.54) is 23.8 Å². The van der Waals surface area contributed by atoms with Crippen LogP contribution in [0.4, 0.5) is 15.8 Å². The maximum atomic E-state index is 13.7. The van der Waals surface area contributed by atoms with Crippen LogP contribution in [-0.2, 0) is 11.2 Å². The number of anilines is 2. The van der Waals surface area contributed by atoms with Gasteiger partial charge in [0.05, 0.1) is 11.3 Å². The second kappa shape index (κ2) is 11.7. The molecule has 2 N–H and O–H groups in total. The second-order valence-electron chi connectivity index (χ2n) is 7.73. The summed E-state index contributed by atoms with van der Waals surface area (Å²) in [6.45, 7) is 0.165. The number of carbonyl (C=O) groups excluding carboxylic acids is 2. The minimum absolute atomic E-state index is 0.0773. The van der Waals surface area contributed by atoms with Gasteiger partial charge in [-0.15, -0.1) is 0 Å². The number of para-hydroxylation sites is 2. The van der Waals surface area contributed by atoms with Crippen LogP contribution in [0.1, 0.15) is 22.3 Å². The first-order valence-corrected chi connectivity index (χ1v) is 10.7. The SMILES string of the molecule is CN(C)c1ccc(CCCNC(=O)c2ccccc2OCC(=O)Nc2ccccc2F)cc1. The van der Waals surface area contributed by atoms with E-state index in [0.29, 0.717) is 12.1 Å². The van der Waals surface area contributed by atoms with E-state index in [0.717, 1.165) is 18.5 Å². The van der Waals surface area contributed by atoms with E-state index in [1.54, 1.807) is 30.3 Å². The van der Waals surface area contributed by atoms with E-state index in [4.69, 9.17) is 4.74 Å². The lowest BCUT2D eigenvalue weighted by Gasteiger charge is -2.13. The molecule has 7 heteroatoms.